The molecule has 0 aliphatic carbocycles. The maximum Gasteiger partial charge on any atom is 0.298 e. The van der Waals surface area contributed by atoms with Gasteiger partial charge < -0.3 is 15.1 Å². The van der Waals surface area contributed by atoms with Gasteiger partial charge in [-0.25, -0.2) is 0 Å². The Balaban J connectivity index is 1.74. The fourth-order valence-electron chi connectivity index (χ4n) is 2.93. The summed E-state index contributed by atoms with van der Waals surface area (Å²) in [6.45, 7) is 11.2. The van der Waals surface area contributed by atoms with Crippen LogP contribution in [0.2, 0.25) is 0 Å². The normalized spacial score (nSPS) is 18.3. The Hall–Kier alpha value is -1.59. The summed E-state index contributed by atoms with van der Waals surface area (Å²) in [7, 11) is 0. The molecule has 0 amide bonds. The lowest BCUT2D eigenvalue weighted by molar-refractivity contribution is 0.198. The van der Waals surface area contributed by atoms with Crippen LogP contribution < -0.4 is 10.6 Å². The molecule has 1 aliphatic rings. The standard InChI is InChI=1S/C17H26N4O/c1-12(2)14-4-5-16-15(10-14)19-17(22-16)21-8-6-20(7-9-21)13(3)11-18/h4-5,10,12-13H,6-9,11,18H2,1-3H3. The second kappa shape index (κ2) is 6.26. The van der Waals surface area contributed by atoms with Crippen molar-refractivity contribution in [2.75, 3.05) is 37.6 Å². The minimum atomic E-state index is 0.444. The fourth-order valence-corrected chi connectivity index (χ4v) is 2.93. The largest absolute Gasteiger partial charge is 0.423 e. The number of hydrogen-bond acceptors (Lipinski definition) is 5. The maximum absolute atomic E-state index is 5.94. The van der Waals surface area contributed by atoms with Crippen LogP contribution in [0.15, 0.2) is 22.6 Å². The first-order valence-corrected chi connectivity index (χ1v) is 8.18. The van der Waals surface area contributed by atoms with Crippen LogP contribution >= 0.6 is 0 Å². The zero-order valence-corrected chi connectivity index (χ0v) is 13.7. The molecule has 2 aromatic rings. The summed E-state index contributed by atoms with van der Waals surface area (Å²) in [5.41, 5.74) is 8.88. The Morgan fingerprint density at radius 2 is 1.91 bits per heavy atom. The molecule has 0 bridgehead atoms. The number of rotatable bonds is 4. The minimum absolute atomic E-state index is 0.444. The number of nitrogens with two attached hydrogens (primary N) is 1. The van der Waals surface area contributed by atoms with E-state index in [-0.39, 0.29) is 0 Å². The monoisotopic (exact) mass is 302 g/mol. The lowest BCUT2D eigenvalue weighted by Crippen LogP contribution is -2.51. The van der Waals surface area contributed by atoms with Crippen LogP contribution in [0.4, 0.5) is 6.01 Å². The molecule has 0 radical (unpaired) electrons. The molecule has 0 saturated carbocycles. The predicted molar refractivity (Wildman–Crippen MR) is 90.4 cm³/mol. The number of nitrogens with zero attached hydrogens (tertiary/aromatic N) is 3. The number of hydrogen-bond donors (Lipinski definition) is 1. The molecule has 1 atom stereocenters. The first-order chi connectivity index (χ1) is 10.6. The van der Waals surface area contributed by atoms with Crippen molar-refractivity contribution >= 4 is 17.1 Å². The van der Waals surface area contributed by atoms with Gasteiger partial charge in [0.25, 0.3) is 6.01 Å². The van der Waals surface area contributed by atoms with E-state index in [1.807, 2.05) is 6.07 Å². The highest BCUT2D eigenvalue weighted by Gasteiger charge is 2.23. The van der Waals surface area contributed by atoms with Gasteiger partial charge in [-0.3, -0.25) is 4.90 Å². The number of fused-ring (bicyclic) bond motifs is 1. The zero-order chi connectivity index (χ0) is 15.7. The fraction of sp³-hybridized carbons (Fsp3) is 0.588. The van der Waals surface area contributed by atoms with E-state index < -0.39 is 0 Å². The molecular weight excluding hydrogens is 276 g/mol. The summed E-state index contributed by atoms with van der Waals surface area (Å²) in [6.07, 6.45) is 0. The van der Waals surface area contributed by atoms with Crippen molar-refractivity contribution < 1.29 is 4.42 Å². The van der Waals surface area contributed by atoms with Crippen molar-refractivity contribution in [1.29, 1.82) is 0 Å². The van der Waals surface area contributed by atoms with E-state index in [1.54, 1.807) is 0 Å². The van der Waals surface area contributed by atoms with Crippen molar-refractivity contribution in [1.82, 2.24) is 9.88 Å². The van der Waals surface area contributed by atoms with Gasteiger partial charge >= 0.3 is 0 Å². The molecule has 22 heavy (non-hydrogen) atoms. The van der Waals surface area contributed by atoms with Crippen LogP contribution in [0.25, 0.3) is 11.1 Å². The minimum Gasteiger partial charge on any atom is -0.423 e. The molecule has 2 N–H and O–H groups in total. The molecule has 5 nitrogen and oxygen atoms in total. The van der Waals surface area contributed by atoms with Gasteiger partial charge in [0.2, 0.25) is 0 Å². The number of anilines is 1. The van der Waals surface area contributed by atoms with E-state index >= 15 is 0 Å². The molecule has 120 valence electrons. The van der Waals surface area contributed by atoms with E-state index in [1.165, 1.54) is 5.56 Å². The Kier molecular flexibility index (Phi) is 4.36. The summed E-state index contributed by atoms with van der Waals surface area (Å²) in [5, 5.41) is 0. The van der Waals surface area contributed by atoms with Crippen LogP contribution in [0.5, 0.6) is 0 Å². The highest BCUT2D eigenvalue weighted by molar-refractivity contribution is 5.75. The average Bonchev–Trinajstić information content (AvgIpc) is 2.97. The number of oxazole rings is 1. The third-order valence-electron chi connectivity index (χ3n) is 4.62. The van der Waals surface area contributed by atoms with E-state index in [2.05, 4.69) is 47.7 Å². The predicted octanol–water partition coefficient (Wildman–Crippen LogP) is 2.42. The third kappa shape index (κ3) is 2.96. The maximum atomic E-state index is 5.94. The van der Waals surface area contributed by atoms with Gasteiger partial charge in [0.1, 0.15) is 5.52 Å². The van der Waals surface area contributed by atoms with Crippen LogP contribution in [0.1, 0.15) is 32.3 Å². The molecule has 1 saturated heterocycles. The topological polar surface area (TPSA) is 58.5 Å². The van der Waals surface area contributed by atoms with E-state index in [0.717, 1.165) is 43.3 Å². The smallest absolute Gasteiger partial charge is 0.298 e. The molecule has 1 aliphatic heterocycles. The third-order valence-corrected chi connectivity index (χ3v) is 4.62. The van der Waals surface area contributed by atoms with Crippen molar-refractivity contribution in [2.45, 2.75) is 32.7 Å². The SMILES string of the molecule is CC(C)c1ccc2oc(N3CCN(C(C)CN)CC3)nc2c1. The van der Waals surface area contributed by atoms with Crippen LogP contribution in [0, 0.1) is 0 Å². The van der Waals surface area contributed by atoms with Gasteiger partial charge in [-0.05, 0) is 30.5 Å². The van der Waals surface area contributed by atoms with Crippen molar-refractivity contribution in [3.63, 3.8) is 0 Å². The first-order valence-electron chi connectivity index (χ1n) is 8.18. The van der Waals surface area contributed by atoms with Gasteiger partial charge in [0.15, 0.2) is 5.58 Å². The summed E-state index contributed by atoms with van der Waals surface area (Å²) < 4.78 is 5.94. The molecule has 1 unspecified atom stereocenters. The second-order valence-corrected chi connectivity index (χ2v) is 6.49. The number of piperazine rings is 1. The van der Waals surface area contributed by atoms with Gasteiger partial charge in [-0.15, -0.1) is 0 Å². The Morgan fingerprint density at radius 3 is 2.55 bits per heavy atom. The van der Waals surface area contributed by atoms with Crippen molar-refractivity contribution in [2.24, 2.45) is 5.73 Å². The zero-order valence-electron chi connectivity index (χ0n) is 13.7. The number of aromatic nitrogens is 1. The molecule has 0 spiro atoms. The molecule has 1 aromatic heterocycles. The van der Waals surface area contributed by atoms with E-state index in [9.17, 15) is 0 Å². The van der Waals surface area contributed by atoms with Crippen LogP contribution in [0.3, 0.4) is 0 Å². The summed E-state index contributed by atoms with van der Waals surface area (Å²) in [5.74, 6) is 0.505. The van der Waals surface area contributed by atoms with Crippen molar-refractivity contribution in [3.8, 4) is 0 Å². The molecule has 5 heteroatoms. The van der Waals surface area contributed by atoms with Crippen molar-refractivity contribution in [3.05, 3.63) is 23.8 Å². The molecule has 3 rings (SSSR count). The molecule has 2 heterocycles. The average molecular weight is 302 g/mol. The molecule has 1 fully saturated rings. The Bertz CT molecular complexity index is 629. The highest BCUT2D eigenvalue weighted by atomic mass is 16.4. The quantitative estimate of drug-likeness (QED) is 0.940. The molecule has 1 aromatic carbocycles. The summed E-state index contributed by atoms with van der Waals surface area (Å²) in [4.78, 5) is 9.34. The molecular formula is C17H26N4O. The van der Waals surface area contributed by atoms with Gasteiger partial charge in [-0.2, -0.15) is 4.98 Å². The number of benzene rings is 1. The summed E-state index contributed by atoms with van der Waals surface area (Å²) >= 11 is 0. The highest BCUT2D eigenvalue weighted by Crippen LogP contribution is 2.26. The van der Waals surface area contributed by atoms with E-state index in [4.69, 9.17) is 10.2 Å². The van der Waals surface area contributed by atoms with Crippen LogP contribution in [-0.2, 0) is 0 Å². The second-order valence-electron chi connectivity index (χ2n) is 6.49. The lowest BCUT2D eigenvalue weighted by Gasteiger charge is -2.36. The van der Waals surface area contributed by atoms with Crippen LogP contribution in [-0.4, -0.2) is 48.6 Å². The van der Waals surface area contributed by atoms with Gasteiger partial charge in [0, 0.05) is 38.8 Å². The van der Waals surface area contributed by atoms with Gasteiger partial charge in [0.05, 0.1) is 0 Å². The lowest BCUT2D eigenvalue weighted by atomic mass is 10.0. The Labute approximate surface area is 132 Å². The summed E-state index contributed by atoms with van der Waals surface area (Å²) in [6, 6.07) is 7.49. The van der Waals surface area contributed by atoms with E-state index in [0.29, 0.717) is 18.5 Å². The first kappa shape index (κ1) is 15.3. The van der Waals surface area contributed by atoms with Gasteiger partial charge in [-0.1, -0.05) is 19.9 Å². The Morgan fingerprint density at radius 1 is 1.18 bits per heavy atom.